The molecule has 0 aliphatic carbocycles. The standard InChI is InChI=1S/C15H25BrN2O/c1-4-13(17)10-12-11-14(6-7-15(12)16)19-9-5-8-18(2)3/h6-7,11,13H,4-5,8-10,17H2,1-3H3. The van der Waals surface area contributed by atoms with Crippen molar-refractivity contribution >= 4 is 15.9 Å². The molecular formula is C15H25BrN2O. The molecule has 2 N–H and O–H groups in total. The van der Waals surface area contributed by atoms with Gasteiger partial charge in [-0.2, -0.15) is 0 Å². The summed E-state index contributed by atoms with van der Waals surface area (Å²) >= 11 is 3.57. The number of rotatable bonds is 8. The monoisotopic (exact) mass is 328 g/mol. The van der Waals surface area contributed by atoms with E-state index in [-0.39, 0.29) is 6.04 Å². The Morgan fingerprint density at radius 1 is 1.37 bits per heavy atom. The number of nitrogens with two attached hydrogens (primary N) is 1. The highest BCUT2D eigenvalue weighted by atomic mass is 79.9. The van der Waals surface area contributed by atoms with Gasteiger partial charge in [-0.1, -0.05) is 22.9 Å². The van der Waals surface area contributed by atoms with Gasteiger partial charge in [0.15, 0.2) is 0 Å². The highest BCUT2D eigenvalue weighted by Gasteiger charge is 2.07. The number of nitrogens with zero attached hydrogens (tertiary/aromatic N) is 1. The second-order valence-corrected chi connectivity index (χ2v) is 5.99. The van der Waals surface area contributed by atoms with Crippen LogP contribution < -0.4 is 10.5 Å². The van der Waals surface area contributed by atoms with E-state index in [4.69, 9.17) is 10.5 Å². The van der Waals surface area contributed by atoms with E-state index in [1.165, 1.54) is 5.56 Å². The van der Waals surface area contributed by atoms with E-state index < -0.39 is 0 Å². The van der Waals surface area contributed by atoms with Crippen LogP contribution in [0.2, 0.25) is 0 Å². The lowest BCUT2D eigenvalue weighted by Crippen LogP contribution is -2.21. The molecule has 0 amide bonds. The molecule has 0 heterocycles. The van der Waals surface area contributed by atoms with Crippen molar-refractivity contribution in [1.29, 1.82) is 0 Å². The molecule has 0 spiro atoms. The molecule has 0 radical (unpaired) electrons. The number of benzene rings is 1. The summed E-state index contributed by atoms with van der Waals surface area (Å²) in [4.78, 5) is 2.16. The van der Waals surface area contributed by atoms with E-state index in [1.807, 2.05) is 12.1 Å². The van der Waals surface area contributed by atoms with Crippen LogP contribution in [0.5, 0.6) is 5.75 Å². The van der Waals surface area contributed by atoms with Gasteiger partial charge in [0.1, 0.15) is 5.75 Å². The molecule has 1 aromatic rings. The summed E-state index contributed by atoms with van der Waals surface area (Å²) in [6.07, 6.45) is 2.90. The third kappa shape index (κ3) is 6.41. The number of ether oxygens (including phenoxy) is 1. The lowest BCUT2D eigenvalue weighted by atomic mass is 10.0. The van der Waals surface area contributed by atoms with Gasteiger partial charge in [-0.05, 0) is 57.1 Å². The maximum Gasteiger partial charge on any atom is 0.119 e. The Labute approximate surface area is 125 Å². The van der Waals surface area contributed by atoms with Crippen LogP contribution in [0.4, 0.5) is 0 Å². The summed E-state index contributed by atoms with van der Waals surface area (Å²) in [6.45, 7) is 3.91. The minimum atomic E-state index is 0.209. The van der Waals surface area contributed by atoms with Gasteiger partial charge in [0.25, 0.3) is 0 Å². The molecule has 0 aliphatic rings. The first-order valence-corrected chi connectivity index (χ1v) is 7.63. The molecule has 19 heavy (non-hydrogen) atoms. The first-order valence-electron chi connectivity index (χ1n) is 6.84. The van der Waals surface area contributed by atoms with Gasteiger partial charge in [0.2, 0.25) is 0 Å². The zero-order chi connectivity index (χ0) is 14.3. The average Bonchev–Trinajstić information content (AvgIpc) is 2.37. The van der Waals surface area contributed by atoms with Gasteiger partial charge >= 0.3 is 0 Å². The molecule has 0 aliphatic heterocycles. The number of hydrogen-bond donors (Lipinski definition) is 1. The normalized spacial score (nSPS) is 12.7. The Hall–Kier alpha value is -0.580. The largest absolute Gasteiger partial charge is 0.494 e. The summed E-state index contributed by atoms with van der Waals surface area (Å²) in [5.41, 5.74) is 7.23. The molecule has 0 bridgehead atoms. The summed E-state index contributed by atoms with van der Waals surface area (Å²) in [5.74, 6) is 0.931. The Balaban J connectivity index is 2.53. The fraction of sp³-hybridized carbons (Fsp3) is 0.600. The highest BCUT2D eigenvalue weighted by molar-refractivity contribution is 9.10. The summed E-state index contributed by atoms with van der Waals surface area (Å²) in [7, 11) is 4.15. The smallest absolute Gasteiger partial charge is 0.119 e. The van der Waals surface area contributed by atoms with E-state index in [9.17, 15) is 0 Å². The molecule has 0 saturated carbocycles. The fourth-order valence-corrected chi connectivity index (χ4v) is 2.20. The van der Waals surface area contributed by atoms with Crippen molar-refractivity contribution in [1.82, 2.24) is 4.90 Å². The van der Waals surface area contributed by atoms with Crippen molar-refractivity contribution in [3.63, 3.8) is 0 Å². The second kappa shape index (κ2) is 8.56. The van der Waals surface area contributed by atoms with Gasteiger partial charge in [0, 0.05) is 17.1 Å². The minimum absolute atomic E-state index is 0.209. The van der Waals surface area contributed by atoms with Gasteiger partial charge in [-0.3, -0.25) is 0 Å². The maximum atomic E-state index is 6.01. The van der Waals surface area contributed by atoms with Gasteiger partial charge in [-0.25, -0.2) is 0 Å². The van der Waals surface area contributed by atoms with Crippen LogP contribution in [-0.4, -0.2) is 38.2 Å². The van der Waals surface area contributed by atoms with Crippen LogP contribution in [-0.2, 0) is 6.42 Å². The molecule has 108 valence electrons. The van der Waals surface area contributed by atoms with Crippen LogP contribution in [0.1, 0.15) is 25.3 Å². The molecule has 1 rings (SSSR count). The average molecular weight is 329 g/mol. The Kier molecular flexibility index (Phi) is 7.42. The van der Waals surface area contributed by atoms with Crippen molar-refractivity contribution < 1.29 is 4.74 Å². The van der Waals surface area contributed by atoms with E-state index in [1.54, 1.807) is 0 Å². The molecule has 1 aromatic carbocycles. The van der Waals surface area contributed by atoms with E-state index in [0.717, 1.165) is 42.6 Å². The molecule has 0 aromatic heterocycles. The molecular weight excluding hydrogens is 304 g/mol. The van der Waals surface area contributed by atoms with E-state index in [0.29, 0.717) is 0 Å². The quantitative estimate of drug-likeness (QED) is 0.745. The Morgan fingerprint density at radius 2 is 2.11 bits per heavy atom. The molecule has 1 unspecified atom stereocenters. The van der Waals surface area contributed by atoms with Crippen molar-refractivity contribution in [2.75, 3.05) is 27.2 Å². The molecule has 0 fully saturated rings. The first-order chi connectivity index (χ1) is 9.02. The first kappa shape index (κ1) is 16.5. The van der Waals surface area contributed by atoms with Crippen molar-refractivity contribution in [2.45, 2.75) is 32.2 Å². The topological polar surface area (TPSA) is 38.5 Å². The van der Waals surface area contributed by atoms with Crippen molar-refractivity contribution in [3.8, 4) is 5.75 Å². The van der Waals surface area contributed by atoms with Crippen molar-refractivity contribution in [2.24, 2.45) is 5.73 Å². The second-order valence-electron chi connectivity index (χ2n) is 5.13. The SMILES string of the molecule is CCC(N)Cc1cc(OCCCN(C)C)ccc1Br. The number of hydrogen-bond acceptors (Lipinski definition) is 3. The third-order valence-electron chi connectivity index (χ3n) is 3.04. The lowest BCUT2D eigenvalue weighted by molar-refractivity contribution is 0.281. The lowest BCUT2D eigenvalue weighted by Gasteiger charge is -2.14. The van der Waals surface area contributed by atoms with E-state index >= 15 is 0 Å². The van der Waals surface area contributed by atoms with Gasteiger partial charge in [-0.15, -0.1) is 0 Å². The van der Waals surface area contributed by atoms with Crippen LogP contribution in [0.3, 0.4) is 0 Å². The predicted molar refractivity (Wildman–Crippen MR) is 84.8 cm³/mol. The van der Waals surface area contributed by atoms with Crippen LogP contribution in [0.15, 0.2) is 22.7 Å². The van der Waals surface area contributed by atoms with Crippen LogP contribution in [0.25, 0.3) is 0 Å². The van der Waals surface area contributed by atoms with Gasteiger partial charge < -0.3 is 15.4 Å². The Morgan fingerprint density at radius 3 is 2.74 bits per heavy atom. The number of halogens is 1. The fourth-order valence-electron chi connectivity index (χ4n) is 1.79. The summed E-state index contributed by atoms with van der Waals surface area (Å²) in [6, 6.07) is 6.34. The molecule has 0 saturated heterocycles. The molecule has 3 nitrogen and oxygen atoms in total. The third-order valence-corrected chi connectivity index (χ3v) is 3.82. The zero-order valence-corrected chi connectivity index (χ0v) is 13.7. The van der Waals surface area contributed by atoms with Crippen molar-refractivity contribution in [3.05, 3.63) is 28.2 Å². The maximum absolute atomic E-state index is 6.01. The van der Waals surface area contributed by atoms with Crippen LogP contribution in [0, 0.1) is 0 Å². The summed E-state index contributed by atoms with van der Waals surface area (Å²) < 4.78 is 6.89. The zero-order valence-electron chi connectivity index (χ0n) is 12.2. The summed E-state index contributed by atoms with van der Waals surface area (Å²) in [5, 5.41) is 0. The van der Waals surface area contributed by atoms with Gasteiger partial charge in [0.05, 0.1) is 6.61 Å². The van der Waals surface area contributed by atoms with Crippen LogP contribution >= 0.6 is 15.9 Å². The van der Waals surface area contributed by atoms with E-state index in [2.05, 4.69) is 47.9 Å². The molecule has 1 atom stereocenters. The molecule has 4 heteroatoms. The Bertz CT molecular complexity index is 382. The predicted octanol–water partition coefficient (Wildman–Crippen LogP) is 3.06. The highest BCUT2D eigenvalue weighted by Crippen LogP contribution is 2.24. The minimum Gasteiger partial charge on any atom is -0.494 e.